The summed E-state index contributed by atoms with van der Waals surface area (Å²) in [5.41, 5.74) is 2.24. The summed E-state index contributed by atoms with van der Waals surface area (Å²) >= 11 is 1.53. The van der Waals surface area contributed by atoms with Crippen LogP contribution in [0.2, 0.25) is 0 Å². The number of rotatable bonds is 9. The molecule has 2 amide bonds. The van der Waals surface area contributed by atoms with E-state index in [-0.39, 0.29) is 24.3 Å². The van der Waals surface area contributed by atoms with Gasteiger partial charge in [0.05, 0.1) is 20.6 Å². The van der Waals surface area contributed by atoms with Crippen LogP contribution in [0.15, 0.2) is 60.0 Å². The van der Waals surface area contributed by atoms with Crippen molar-refractivity contribution in [2.75, 3.05) is 19.1 Å². The third-order valence-electron chi connectivity index (χ3n) is 6.49. The molecule has 0 saturated heterocycles. The maximum atomic E-state index is 14.0. The molecule has 1 aromatic heterocycles. The number of para-hydroxylation sites is 1. The lowest BCUT2D eigenvalue weighted by molar-refractivity contribution is -0.127. The number of hydrogen-bond acceptors (Lipinski definition) is 5. The predicted octanol–water partition coefficient (Wildman–Crippen LogP) is 5.45. The lowest BCUT2D eigenvalue weighted by atomic mass is 9.99. The number of nitrogens with zero attached hydrogens (tertiary/aromatic N) is 1. The molecule has 0 radical (unpaired) electrons. The van der Waals surface area contributed by atoms with Crippen molar-refractivity contribution in [3.05, 3.63) is 76.0 Å². The molecule has 3 aromatic rings. The Kier molecular flexibility index (Phi) is 8.08. The molecule has 0 spiro atoms. The molecule has 35 heavy (non-hydrogen) atoms. The van der Waals surface area contributed by atoms with Gasteiger partial charge < -0.3 is 14.8 Å². The van der Waals surface area contributed by atoms with E-state index in [0.29, 0.717) is 22.7 Å². The molecule has 0 aliphatic heterocycles. The summed E-state index contributed by atoms with van der Waals surface area (Å²) in [6.45, 7) is 1.96. The Labute approximate surface area is 210 Å². The second-order valence-electron chi connectivity index (χ2n) is 8.81. The molecule has 1 atom stereocenters. The van der Waals surface area contributed by atoms with Crippen molar-refractivity contribution in [2.45, 2.75) is 51.1 Å². The summed E-state index contributed by atoms with van der Waals surface area (Å²) in [6, 6.07) is 16.1. The average molecular weight is 493 g/mol. The number of carbonyl (C=O) groups excluding carboxylic acids is 2. The van der Waals surface area contributed by atoms with Crippen LogP contribution in [-0.2, 0) is 16.0 Å². The molecule has 1 saturated carbocycles. The van der Waals surface area contributed by atoms with Gasteiger partial charge in [0.2, 0.25) is 11.8 Å². The van der Waals surface area contributed by atoms with E-state index in [1.54, 1.807) is 31.3 Å². The minimum absolute atomic E-state index is 0.111. The molecule has 4 rings (SSSR count). The first-order valence-electron chi connectivity index (χ1n) is 11.9. The Bertz CT molecular complexity index is 1160. The average Bonchev–Trinajstić information content (AvgIpc) is 3.57. The third kappa shape index (κ3) is 5.68. The lowest BCUT2D eigenvalue weighted by Gasteiger charge is -2.34. The number of thiophene rings is 1. The summed E-state index contributed by atoms with van der Waals surface area (Å²) in [7, 11) is 3.15. The molecular formula is C28H32N2O4S. The summed E-state index contributed by atoms with van der Waals surface area (Å²) in [5, 5.41) is 5.18. The van der Waals surface area contributed by atoms with Gasteiger partial charge in [-0.15, -0.1) is 11.3 Å². The van der Waals surface area contributed by atoms with Crippen LogP contribution in [0.1, 0.15) is 47.7 Å². The van der Waals surface area contributed by atoms with Crippen molar-refractivity contribution in [3.63, 3.8) is 0 Å². The van der Waals surface area contributed by atoms with E-state index in [2.05, 4.69) is 5.32 Å². The smallest absolute Gasteiger partial charge is 0.248 e. The zero-order chi connectivity index (χ0) is 24.8. The van der Waals surface area contributed by atoms with Gasteiger partial charge in [-0.05, 0) is 55.0 Å². The Morgan fingerprint density at radius 2 is 1.83 bits per heavy atom. The number of benzene rings is 2. The van der Waals surface area contributed by atoms with Crippen LogP contribution in [0, 0.1) is 6.92 Å². The molecule has 0 bridgehead atoms. The number of amides is 2. The van der Waals surface area contributed by atoms with Crippen LogP contribution in [0.5, 0.6) is 11.5 Å². The Morgan fingerprint density at radius 3 is 2.49 bits per heavy atom. The summed E-state index contributed by atoms with van der Waals surface area (Å²) in [5.74, 6) is 0.765. The SMILES string of the molecule is COc1ccc([C@@H](C(=O)NC2CCCC2)N(C(=O)Cc2cccs2)c2ccccc2C)c(OC)c1. The van der Waals surface area contributed by atoms with E-state index in [1.165, 1.54) is 11.3 Å². The first-order valence-corrected chi connectivity index (χ1v) is 12.8. The number of ether oxygens (including phenoxy) is 2. The number of anilines is 1. The molecule has 1 aliphatic rings. The molecule has 0 unspecified atom stereocenters. The Balaban J connectivity index is 1.84. The monoisotopic (exact) mass is 492 g/mol. The second-order valence-corrected chi connectivity index (χ2v) is 9.84. The molecule has 1 fully saturated rings. The van der Waals surface area contributed by atoms with Gasteiger partial charge in [0.25, 0.3) is 0 Å². The van der Waals surface area contributed by atoms with E-state index in [1.807, 2.05) is 54.8 Å². The van der Waals surface area contributed by atoms with Gasteiger partial charge in [-0.2, -0.15) is 0 Å². The van der Waals surface area contributed by atoms with Gasteiger partial charge >= 0.3 is 0 Å². The van der Waals surface area contributed by atoms with E-state index in [0.717, 1.165) is 36.1 Å². The van der Waals surface area contributed by atoms with Gasteiger partial charge in [0.1, 0.15) is 17.5 Å². The summed E-state index contributed by atoms with van der Waals surface area (Å²) in [4.78, 5) is 30.5. The number of nitrogens with one attached hydrogen (secondary N) is 1. The number of methoxy groups -OCH3 is 2. The highest BCUT2D eigenvalue weighted by Gasteiger charge is 2.36. The molecular weight excluding hydrogens is 460 g/mol. The van der Waals surface area contributed by atoms with Gasteiger partial charge in [-0.3, -0.25) is 14.5 Å². The topological polar surface area (TPSA) is 67.9 Å². The zero-order valence-electron chi connectivity index (χ0n) is 20.5. The van der Waals surface area contributed by atoms with Crippen molar-refractivity contribution >= 4 is 28.8 Å². The number of carbonyl (C=O) groups is 2. The highest BCUT2D eigenvalue weighted by Crippen LogP contribution is 2.37. The largest absolute Gasteiger partial charge is 0.497 e. The van der Waals surface area contributed by atoms with Crippen molar-refractivity contribution in [1.82, 2.24) is 5.32 Å². The number of aryl methyl sites for hydroxylation is 1. The summed E-state index contributed by atoms with van der Waals surface area (Å²) < 4.78 is 11.1. The van der Waals surface area contributed by atoms with Crippen LogP contribution < -0.4 is 19.7 Å². The fourth-order valence-corrected chi connectivity index (χ4v) is 5.39. The Hall–Kier alpha value is -3.32. The molecule has 1 heterocycles. The molecule has 7 heteroatoms. The lowest BCUT2D eigenvalue weighted by Crippen LogP contribution is -2.47. The van der Waals surface area contributed by atoms with E-state index in [4.69, 9.17) is 9.47 Å². The maximum Gasteiger partial charge on any atom is 0.248 e. The minimum Gasteiger partial charge on any atom is -0.497 e. The molecule has 1 aliphatic carbocycles. The fourth-order valence-electron chi connectivity index (χ4n) is 4.69. The highest BCUT2D eigenvalue weighted by molar-refractivity contribution is 7.10. The van der Waals surface area contributed by atoms with E-state index >= 15 is 0 Å². The van der Waals surface area contributed by atoms with Crippen LogP contribution in [-0.4, -0.2) is 32.1 Å². The normalized spacial score (nSPS) is 14.4. The van der Waals surface area contributed by atoms with Crippen molar-refractivity contribution in [2.24, 2.45) is 0 Å². The fraction of sp³-hybridized carbons (Fsp3) is 0.357. The standard InChI is InChI=1S/C28H32N2O4S/c1-19-9-4-7-13-24(19)30(26(31)18-22-12-8-16-35-22)27(28(32)29-20-10-5-6-11-20)23-15-14-21(33-2)17-25(23)34-3/h4,7-9,12-17,20,27H,5-6,10-11,18H2,1-3H3,(H,29,32)/t27-/m0/s1. The van der Waals surface area contributed by atoms with Crippen molar-refractivity contribution in [3.8, 4) is 11.5 Å². The molecule has 2 aromatic carbocycles. The molecule has 1 N–H and O–H groups in total. The van der Waals surface area contributed by atoms with Crippen molar-refractivity contribution in [1.29, 1.82) is 0 Å². The maximum absolute atomic E-state index is 14.0. The second kappa shape index (κ2) is 11.4. The molecule has 184 valence electrons. The minimum atomic E-state index is -0.898. The van der Waals surface area contributed by atoms with Gasteiger partial charge in [-0.1, -0.05) is 37.1 Å². The highest BCUT2D eigenvalue weighted by atomic mass is 32.1. The van der Waals surface area contributed by atoms with E-state index < -0.39 is 6.04 Å². The Morgan fingerprint density at radius 1 is 1.06 bits per heavy atom. The quantitative estimate of drug-likeness (QED) is 0.431. The molecule has 6 nitrogen and oxygen atoms in total. The van der Waals surface area contributed by atoms with Crippen LogP contribution in [0.4, 0.5) is 5.69 Å². The van der Waals surface area contributed by atoms with Crippen LogP contribution >= 0.6 is 11.3 Å². The summed E-state index contributed by atoms with van der Waals surface area (Å²) in [6.07, 6.45) is 4.30. The van der Waals surface area contributed by atoms with Crippen LogP contribution in [0.25, 0.3) is 0 Å². The van der Waals surface area contributed by atoms with Crippen LogP contribution in [0.3, 0.4) is 0 Å². The first-order chi connectivity index (χ1) is 17.0. The van der Waals surface area contributed by atoms with Gasteiger partial charge in [0, 0.05) is 28.2 Å². The zero-order valence-corrected chi connectivity index (χ0v) is 21.3. The van der Waals surface area contributed by atoms with Gasteiger partial charge in [0.15, 0.2) is 0 Å². The van der Waals surface area contributed by atoms with E-state index in [9.17, 15) is 9.59 Å². The third-order valence-corrected chi connectivity index (χ3v) is 7.37. The van der Waals surface area contributed by atoms with Gasteiger partial charge in [-0.25, -0.2) is 0 Å². The predicted molar refractivity (Wildman–Crippen MR) is 139 cm³/mol. The first kappa shape index (κ1) is 24.8. The van der Waals surface area contributed by atoms with Crippen molar-refractivity contribution < 1.29 is 19.1 Å². The number of hydrogen-bond donors (Lipinski definition) is 1.